The minimum Gasteiger partial charge on any atom is -0.497 e. The third-order valence-corrected chi connectivity index (χ3v) is 7.31. The van der Waals surface area contributed by atoms with Crippen LogP contribution in [0.4, 0.5) is 0 Å². The van der Waals surface area contributed by atoms with Crippen molar-refractivity contribution >= 4 is 44.3 Å². The van der Waals surface area contributed by atoms with Crippen molar-refractivity contribution in [2.24, 2.45) is 0 Å². The Morgan fingerprint density at radius 2 is 2.10 bits per heavy atom. The van der Waals surface area contributed by atoms with Crippen LogP contribution >= 0.6 is 23.1 Å². The summed E-state index contributed by atoms with van der Waals surface area (Å²) < 4.78 is 10.5. The van der Waals surface area contributed by atoms with Crippen molar-refractivity contribution in [3.8, 4) is 5.75 Å². The standard InChI is InChI=1S/C21H18N2O4S2/c1-26-12-6-7-13-11(8-17(24)27-15(13)9-12)10-28-21-22-19(25)18-14-4-2-3-5-16(14)29-20(18)23-21/h6-9H,2-5,10H2,1H3,(H,22,23,25). The summed E-state index contributed by atoms with van der Waals surface area (Å²) >= 11 is 3.05. The molecule has 6 nitrogen and oxygen atoms in total. The van der Waals surface area contributed by atoms with E-state index in [0.717, 1.165) is 40.4 Å². The number of benzene rings is 1. The van der Waals surface area contributed by atoms with Crippen LogP contribution in [0.1, 0.15) is 28.8 Å². The minimum absolute atomic E-state index is 0.0703. The Morgan fingerprint density at radius 3 is 2.97 bits per heavy atom. The van der Waals surface area contributed by atoms with Gasteiger partial charge in [0.1, 0.15) is 16.2 Å². The largest absolute Gasteiger partial charge is 0.497 e. The predicted molar refractivity (Wildman–Crippen MR) is 115 cm³/mol. The van der Waals surface area contributed by atoms with Gasteiger partial charge in [-0.15, -0.1) is 11.3 Å². The van der Waals surface area contributed by atoms with Gasteiger partial charge in [-0.05, 0) is 48.9 Å². The number of aryl methyl sites for hydroxylation is 2. The second kappa shape index (κ2) is 7.35. The maximum absolute atomic E-state index is 12.7. The van der Waals surface area contributed by atoms with Crippen molar-refractivity contribution in [1.29, 1.82) is 0 Å². The number of fused-ring (bicyclic) bond motifs is 4. The molecule has 5 rings (SSSR count). The van der Waals surface area contributed by atoms with Crippen LogP contribution in [0.3, 0.4) is 0 Å². The van der Waals surface area contributed by atoms with Crippen LogP contribution < -0.4 is 15.9 Å². The average Bonchev–Trinajstić information content (AvgIpc) is 3.10. The molecule has 0 radical (unpaired) electrons. The van der Waals surface area contributed by atoms with Gasteiger partial charge in [0.2, 0.25) is 0 Å². The highest BCUT2D eigenvalue weighted by atomic mass is 32.2. The first-order chi connectivity index (χ1) is 14.1. The van der Waals surface area contributed by atoms with Crippen molar-refractivity contribution in [1.82, 2.24) is 9.97 Å². The van der Waals surface area contributed by atoms with E-state index >= 15 is 0 Å². The lowest BCUT2D eigenvalue weighted by molar-refractivity contribution is 0.414. The first-order valence-electron chi connectivity index (χ1n) is 9.40. The molecule has 0 unspecified atom stereocenters. The topological polar surface area (TPSA) is 85.2 Å². The molecule has 0 amide bonds. The number of thioether (sulfide) groups is 1. The number of rotatable bonds is 4. The molecular weight excluding hydrogens is 408 g/mol. The number of methoxy groups -OCH3 is 1. The fraction of sp³-hybridized carbons (Fsp3) is 0.286. The summed E-state index contributed by atoms with van der Waals surface area (Å²) in [5.74, 6) is 1.12. The summed E-state index contributed by atoms with van der Waals surface area (Å²) in [6.07, 6.45) is 4.30. The molecule has 1 N–H and O–H groups in total. The van der Waals surface area contributed by atoms with Gasteiger partial charge in [0.05, 0.1) is 12.5 Å². The van der Waals surface area contributed by atoms with Crippen LogP contribution in [0.5, 0.6) is 5.75 Å². The lowest BCUT2D eigenvalue weighted by atomic mass is 9.97. The highest BCUT2D eigenvalue weighted by Gasteiger charge is 2.20. The van der Waals surface area contributed by atoms with E-state index in [9.17, 15) is 9.59 Å². The summed E-state index contributed by atoms with van der Waals surface area (Å²) in [5.41, 5.74) is 2.01. The number of aromatic amines is 1. The summed E-state index contributed by atoms with van der Waals surface area (Å²) in [4.78, 5) is 34.4. The van der Waals surface area contributed by atoms with Crippen LogP contribution in [0.2, 0.25) is 0 Å². The molecule has 29 heavy (non-hydrogen) atoms. The van der Waals surface area contributed by atoms with Gasteiger partial charge in [-0.1, -0.05) is 11.8 Å². The quantitative estimate of drug-likeness (QED) is 0.298. The van der Waals surface area contributed by atoms with Crippen LogP contribution in [-0.4, -0.2) is 17.1 Å². The van der Waals surface area contributed by atoms with Gasteiger partial charge in [0.15, 0.2) is 5.16 Å². The number of hydrogen-bond donors (Lipinski definition) is 1. The molecule has 1 aromatic carbocycles. The van der Waals surface area contributed by atoms with Crippen molar-refractivity contribution in [3.63, 3.8) is 0 Å². The molecule has 0 bridgehead atoms. The fourth-order valence-corrected chi connectivity index (χ4v) is 5.99. The van der Waals surface area contributed by atoms with Crippen LogP contribution in [0.25, 0.3) is 21.2 Å². The average molecular weight is 427 g/mol. The molecule has 148 valence electrons. The molecule has 4 aromatic rings. The monoisotopic (exact) mass is 426 g/mol. The number of aromatic nitrogens is 2. The molecule has 0 fully saturated rings. The van der Waals surface area contributed by atoms with E-state index < -0.39 is 5.63 Å². The highest BCUT2D eigenvalue weighted by Crippen LogP contribution is 2.34. The molecule has 3 aromatic heterocycles. The Bertz CT molecular complexity index is 1350. The van der Waals surface area contributed by atoms with E-state index in [4.69, 9.17) is 14.1 Å². The maximum Gasteiger partial charge on any atom is 0.336 e. The lowest BCUT2D eigenvalue weighted by Crippen LogP contribution is -2.11. The number of nitrogens with one attached hydrogen (secondary N) is 1. The maximum atomic E-state index is 12.7. The van der Waals surface area contributed by atoms with Crippen molar-refractivity contribution in [3.05, 3.63) is 61.0 Å². The Hall–Kier alpha value is -2.58. The third-order valence-electron chi connectivity index (χ3n) is 5.21. The van der Waals surface area contributed by atoms with E-state index in [1.54, 1.807) is 24.5 Å². The van der Waals surface area contributed by atoms with Crippen molar-refractivity contribution < 1.29 is 9.15 Å². The number of thiophene rings is 1. The van der Waals surface area contributed by atoms with Crippen LogP contribution in [-0.2, 0) is 18.6 Å². The summed E-state index contributed by atoms with van der Waals surface area (Å²) in [6.45, 7) is 0. The van der Waals surface area contributed by atoms with Crippen LogP contribution in [0, 0.1) is 0 Å². The molecule has 1 aliphatic rings. The molecule has 0 saturated carbocycles. The Labute approximate surface area is 173 Å². The predicted octanol–water partition coefficient (Wildman–Crippen LogP) is 4.27. The zero-order chi connectivity index (χ0) is 20.0. The third kappa shape index (κ3) is 3.36. The normalized spacial score (nSPS) is 13.7. The fourth-order valence-electron chi connectivity index (χ4n) is 3.82. The van der Waals surface area contributed by atoms with Crippen LogP contribution in [0.15, 0.2) is 43.4 Å². The van der Waals surface area contributed by atoms with E-state index in [1.165, 1.54) is 34.7 Å². The Morgan fingerprint density at radius 1 is 1.24 bits per heavy atom. The van der Waals surface area contributed by atoms with E-state index in [-0.39, 0.29) is 5.56 Å². The molecule has 1 aliphatic carbocycles. The van der Waals surface area contributed by atoms with Gasteiger partial charge < -0.3 is 14.1 Å². The zero-order valence-electron chi connectivity index (χ0n) is 15.7. The number of H-pyrrole nitrogens is 1. The molecular formula is C21H18N2O4S2. The van der Waals surface area contributed by atoms with Gasteiger partial charge >= 0.3 is 5.63 Å². The van der Waals surface area contributed by atoms with Crippen molar-refractivity contribution in [2.75, 3.05) is 7.11 Å². The first-order valence-corrected chi connectivity index (χ1v) is 11.2. The SMILES string of the molecule is COc1ccc2c(CSc3nc4sc5c(c4c(=O)[nH]3)CCCC5)cc(=O)oc2c1. The van der Waals surface area contributed by atoms with E-state index in [0.29, 0.717) is 22.2 Å². The van der Waals surface area contributed by atoms with Gasteiger partial charge in [0.25, 0.3) is 5.56 Å². The summed E-state index contributed by atoms with van der Waals surface area (Å²) in [7, 11) is 1.57. The van der Waals surface area contributed by atoms with E-state index in [2.05, 4.69) is 4.98 Å². The lowest BCUT2D eigenvalue weighted by Gasteiger charge is -2.09. The van der Waals surface area contributed by atoms with Gasteiger partial charge in [0, 0.05) is 28.1 Å². The summed E-state index contributed by atoms with van der Waals surface area (Å²) in [5, 5.41) is 2.16. The molecule has 0 atom stereocenters. The first kappa shape index (κ1) is 18.4. The molecule has 3 heterocycles. The number of ether oxygens (including phenoxy) is 1. The molecule has 0 aliphatic heterocycles. The minimum atomic E-state index is -0.413. The number of hydrogen-bond acceptors (Lipinski definition) is 7. The van der Waals surface area contributed by atoms with Gasteiger partial charge in [-0.25, -0.2) is 9.78 Å². The van der Waals surface area contributed by atoms with Gasteiger partial charge in [-0.3, -0.25) is 4.79 Å². The second-order valence-electron chi connectivity index (χ2n) is 7.00. The smallest absolute Gasteiger partial charge is 0.336 e. The van der Waals surface area contributed by atoms with Gasteiger partial charge in [-0.2, -0.15) is 0 Å². The Balaban J connectivity index is 1.49. The Kier molecular flexibility index (Phi) is 4.67. The van der Waals surface area contributed by atoms with Crippen molar-refractivity contribution in [2.45, 2.75) is 36.6 Å². The zero-order valence-corrected chi connectivity index (χ0v) is 17.4. The molecule has 0 spiro atoms. The summed E-state index contributed by atoms with van der Waals surface area (Å²) in [6, 6.07) is 6.90. The second-order valence-corrected chi connectivity index (χ2v) is 9.05. The van der Waals surface area contributed by atoms with E-state index in [1.807, 2.05) is 12.1 Å². The highest BCUT2D eigenvalue weighted by molar-refractivity contribution is 7.98. The molecule has 8 heteroatoms. The number of nitrogens with zero attached hydrogens (tertiary/aromatic N) is 1. The molecule has 0 saturated heterocycles.